The van der Waals surface area contributed by atoms with Gasteiger partial charge in [-0.1, -0.05) is 50.9 Å². The van der Waals surface area contributed by atoms with Crippen LogP contribution in [0.3, 0.4) is 0 Å². The Kier molecular flexibility index (Phi) is 7.68. The Hall–Kier alpha value is -2.64. The fourth-order valence-corrected chi connectivity index (χ4v) is 2.54. The minimum atomic E-state index is 0.644. The molecule has 0 aliphatic rings. The van der Waals surface area contributed by atoms with Gasteiger partial charge in [0.1, 0.15) is 5.75 Å². The van der Waals surface area contributed by atoms with Crippen molar-refractivity contribution in [3.05, 3.63) is 65.2 Å². The number of terminal acetylenes is 1. The van der Waals surface area contributed by atoms with E-state index in [2.05, 4.69) is 31.6 Å². The van der Waals surface area contributed by atoms with E-state index in [0.717, 1.165) is 29.0 Å². The second-order valence-corrected chi connectivity index (χ2v) is 6.22. The molecule has 0 saturated carbocycles. The maximum atomic E-state index is 5.93. The standard InChI is InChI=1S/C24H26O/c1-4-7-8-21(6-3)19-25-24-17-15-23(16-18-24)14-13-22-11-9-20(5-2)10-12-22/h2,9-12,15-18,21H,4,6-8,19H2,1,3H3. The predicted molar refractivity (Wildman–Crippen MR) is 106 cm³/mol. The van der Waals surface area contributed by atoms with E-state index < -0.39 is 0 Å². The zero-order valence-corrected chi connectivity index (χ0v) is 15.2. The summed E-state index contributed by atoms with van der Waals surface area (Å²) in [6.45, 7) is 5.26. The van der Waals surface area contributed by atoms with Gasteiger partial charge in [-0.25, -0.2) is 0 Å². The molecule has 2 rings (SSSR count). The molecule has 1 atom stereocenters. The summed E-state index contributed by atoms with van der Waals surface area (Å²) in [5.74, 6) is 10.5. The van der Waals surface area contributed by atoms with Gasteiger partial charge in [0, 0.05) is 16.7 Å². The average molecular weight is 330 g/mol. The summed E-state index contributed by atoms with van der Waals surface area (Å²) in [7, 11) is 0. The van der Waals surface area contributed by atoms with Crippen LogP contribution in [0.25, 0.3) is 0 Å². The van der Waals surface area contributed by atoms with Crippen LogP contribution >= 0.6 is 0 Å². The van der Waals surface area contributed by atoms with Crippen molar-refractivity contribution in [3.63, 3.8) is 0 Å². The van der Waals surface area contributed by atoms with Crippen LogP contribution in [0, 0.1) is 30.1 Å². The van der Waals surface area contributed by atoms with Crippen molar-refractivity contribution in [1.82, 2.24) is 0 Å². The Labute approximate surface area is 152 Å². The van der Waals surface area contributed by atoms with Crippen LogP contribution in [0.4, 0.5) is 0 Å². The highest BCUT2D eigenvalue weighted by Gasteiger charge is 2.06. The molecule has 0 aliphatic heterocycles. The molecule has 1 unspecified atom stereocenters. The van der Waals surface area contributed by atoms with Crippen LogP contribution in [0.5, 0.6) is 5.75 Å². The lowest BCUT2D eigenvalue weighted by molar-refractivity contribution is 0.233. The van der Waals surface area contributed by atoms with Crippen molar-refractivity contribution < 1.29 is 4.74 Å². The molecular formula is C24H26O. The minimum absolute atomic E-state index is 0.644. The number of hydrogen-bond donors (Lipinski definition) is 0. The molecule has 0 N–H and O–H groups in total. The van der Waals surface area contributed by atoms with Crippen molar-refractivity contribution in [3.8, 4) is 29.9 Å². The summed E-state index contributed by atoms with van der Waals surface area (Å²) in [5, 5.41) is 0. The molecule has 0 aromatic heterocycles. The summed E-state index contributed by atoms with van der Waals surface area (Å²) in [6.07, 6.45) is 10.3. The molecule has 0 fully saturated rings. The van der Waals surface area contributed by atoms with Crippen LogP contribution in [-0.4, -0.2) is 6.61 Å². The molecule has 2 aromatic carbocycles. The van der Waals surface area contributed by atoms with E-state index in [-0.39, 0.29) is 0 Å². The molecule has 1 heteroatoms. The third-order valence-corrected chi connectivity index (χ3v) is 4.29. The van der Waals surface area contributed by atoms with Crippen molar-refractivity contribution >= 4 is 0 Å². The van der Waals surface area contributed by atoms with Gasteiger partial charge >= 0.3 is 0 Å². The zero-order valence-electron chi connectivity index (χ0n) is 15.2. The maximum absolute atomic E-state index is 5.93. The van der Waals surface area contributed by atoms with E-state index in [4.69, 9.17) is 11.2 Å². The first-order chi connectivity index (χ1) is 12.2. The molecular weight excluding hydrogens is 304 g/mol. The molecule has 0 amide bonds. The molecule has 128 valence electrons. The molecule has 2 aromatic rings. The summed E-state index contributed by atoms with van der Waals surface area (Å²) in [6, 6.07) is 15.7. The fraction of sp³-hybridized carbons (Fsp3) is 0.333. The lowest BCUT2D eigenvalue weighted by atomic mass is 10.0. The number of ether oxygens (including phenoxy) is 1. The van der Waals surface area contributed by atoms with Gasteiger partial charge in [-0.3, -0.25) is 0 Å². The lowest BCUT2D eigenvalue weighted by Crippen LogP contribution is -2.11. The second kappa shape index (κ2) is 10.3. The molecule has 0 radical (unpaired) electrons. The third kappa shape index (κ3) is 6.40. The van der Waals surface area contributed by atoms with E-state index in [1.165, 1.54) is 25.7 Å². The highest BCUT2D eigenvalue weighted by Crippen LogP contribution is 2.17. The highest BCUT2D eigenvalue weighted by molar-refractivity contribution is 5.46. The van der Waals surface area contributed by atoms with Crippen molar-refractivity contribution in [2.75, 3.05) is 6.61 Å². The van der Waals surface area contributed by atoms with Crippen molar-refractivity contribution in [2.45, 2.75) is 39.5 Å². The number of unbranched alkanes of at least 4 members (excludes halogenated alkanes) is 1. The predicted octanol–water partition coefficient (Wildman–Crippen LogP) is 5.66. The van der Waals surface area contributed by atoms with Gasteiger partial charge in [0.2, 0.25) is 0 Å². The minimum Gasteiger partial charge on any atom is -0.493 e. The van der Waals surface area contributed by atoms with Gasteiger partial charge in [-0.15, -0.1) is 6.42 Å². The Morgan fingerprint density at radius 2 is 1.44 bits per heavy atom. The number of hydrogen-bond acceptors (Lipinski definition) is 1. The molecule has 1 nitrogen and oxygen atoms in total. The van der Waals surface area contributed by atoms with E-state index >= 15 is 0 Å². The third-order valence-electron chi connectivity index (χ3n) is 4.29. The van der Waals surface area contributed by atoms with Gasteiger partial charge in [-0.05, 0) is 60.9 Å². The molecule has 0 bridgehead atoms. The molecule has 0 aliphatic carbocycles. The summed E-state index contributed by atoms with van der Waals surface area (Å²) < 4.78 is 5.93. The van der Waals surface area contributed by atoms with E-state index in [9.17, 15) is 0 Å². The normalized spacial score (nSPS) is 11.1. The summed E-state index contributed by atoms with van der Waals surface area (Å²) in [5.41, 5.74) is 2.81. The van der Waals surface area contributed by atoms with Gasteiger partial charge in [0.15, 0.2) is 0 Å². The van der Waals surface area contributed by atoms with Crippen LogP contribution in [-0.2, 0) is 0 Å². The van der Waals surface area contributed by atoms with Crippen LogP contribution in [0.1, 0.15) is 56.2 Å². The van der Waals surface area contributed by atoms with E-state index in [1.807, 2.05) is 48.5 Å². The average Bonchev–Trinajstić information content (AvgIpc) is 2.68. The van der Waals surface area contributed by atoms with Crippen LogP contribution in [0.2, 0.25) is 0 Å². The van der Waals surface area contributed by atoms with Gasteiger partial charge in [0.25, 0.3) is 0 Å². The fourth-order valence-electron chi connectivity index (χ4n) is 2.54. The number of benzene rings is 2. The first-order valence-electron chi connectivity index (χ1n) is 9.06. The Bertz CT molecular complexity index is 736. The Balaban J connectivity index is 1.91. The molecule has 0 spiro atoms. The highest BCUT2D eigenvalue weighted by atomic mass is 16.5. The van der Waals surface area contributed by atoms with Crippen LogP contribution in [0.15, 0.2) is 48.5 Å². The zero-order chi connectivity index (χ0) is 17.9. The lowest BCUT2D eigenvalue weighted by Gasteiger charge is -2.15. The van der Waals surface area contributed by atoms with E-state index in [0.29, 0.717) is 5.92 Å². The largest absolute Gasteiger partial charge is 0.493 e. The first kappa shape index (κ1) is 18.7. The Morgan fingerprint density at radius 1 is 0.880 bits per heavy atom. The van der Waals surface area contributed by atoms with Crippen LogP contribution < -0.4 is 4.74 Å². The quantitative estimate of drug-likeness (QED) is 0.595. The maximum Gasteiger partial charge on any atom is 0.119 e. The summed E-state index contributed by atoms with van der Waals surface area (Å²) >= 11 is 0. The van der Waals surface area contributed by atoms with Gasteiger partial charge < -0.3 is 4.74 Å². The second-order valence-electron chi connectivity index (χ2n) is 6.22. The van der Waals surface area contributed by atoms with E-state index in [1.54, 1.807) is 0 Å². The molecule has 0 heterocycles. The SMILES string of the molecule is C#Cc1ccc(C#Cc2ccc(OCC(CC)CCCC)cc2)cc1. The van der Waals surface area contributed by atoms with Gasteiger partial charge in [-0.2, -0.15) is 0 Å². The van der Waals surface area contributed by atoms with Crippen molar-refractivity contribution in [1.29, 1.82) is 0 Å². The first-order valence-corrected chi connectivity index (χ1v) is 9.06. The molecule has 25 heavy (non-hydrogen) atoms. The smallest absolute Gasteiger partial charge is 0.119 e. The van der Waals surface area contributed by atoms with Crippen molar-refractivity contribution in [2.24, 2.45) is 5.92 Å². The Morgan fingerprint density at radius 3 is 1.96 bits per heavy atom. The topological polar surface area (TPSA) is 9.23 Å². The summed E-state index contributed by atoms with van der Waals surface area (Å²) in [4.78, 5) is 0. The molecule has 0 saturated heterocycles. The monoisotopic (exact) mass is 330 g/mol. The number of rotatable bonds is 7. The van der Waals surface area contributed by atoms with Gasteiger partial charge in [0.05, 0.1) is 6.61 Å².